The maximum Gasteiger partial charge on any atom is 0.241 e. The van der Waals surface area contributed by atoms with Crippen LogP contribution in [0.5, 0.6) is 0 Å². The molecule has 3 atom stereocenters. The Balaban J connectivity index is 1.99. The van der Waals surface area contributed by atoms with E-state index in [9.17, 15) is 4.79 Å². The van der Waals surface area contributed by atoms with E-state index in [0.29, 0.717) is 6.61 Å². The molecule has 1 fully saturated rings. The van der Waals surface area contributed by atoms with Crippen molar-refractivity contribution in [3.05, 3.63) is 35.9 Å². The molecule has 0 aliphatic carbocycles. The highest BCUT2D eigenvalue weighted by Crippen LogP contribution is 2.19. The third-order valence-corrected chi connectivity index (χ3v) is 3.91. The van der Waals surface area contributed by atoms with Gasteiger partial charge in [-0.2, -0.15) is 0 Å². The number of nitrogens with zero attached hydrogens (tertiary/aromatic N) is 1. The molecule has 4 heteroatoms. The lowest BCUT2D eigenvalue weighted by molar-refractivity contribution is -0.132. The van der Waals surface area contributed by atoms with Crippen LogP contribution in [0.4, 0.5) is 0 Å². The maximum absolute atomic E-state index is 12.5. The molecular weight excluding hydrogens is 252 g/mol. The molecule has 1 N–H and O–H groups in total. The number of carbonyl (C=O) groups excluding carboxylic acids is 1. The van der Waals surface area contributed by atoms with Gasteiger partial charge in [-0.25, -0.2) is 0 Å². The molecule has 0 radical (unpaired) electrons. The number of amides is 1. The zero-order valence-electron chi connectivity index (χ0n) is 12.5. The molecule has 1 aromatic carbocycles. The molecule has 1 saturated heterocycles. The summed E-state index contributed by atoms with van der Waals surface area (Å²) < 4.78 is 5.11. The largest absolute Gasteiger partial charge is 0.385 e. The van der Waals surface area contributed by atoms with E-state index in [1.54, 1.807) is 7.11 Å². The van der Waals surface area contributed by atoms with Gasteiger partial charge in [-0.3, -0.25) is 10.1 Å². The Hall–Kier alpha value is -1.39. The number of rotatable bonds is 6. The van der Waals surface area contributed by atoms with Crippen LogP contribution in [0.3, 0.4) is 0 Å². The summed E-state index contributed by atoms with van der Waals surface area (Å²) in [5, 5.41) is 3.40. The first-order valence-electron chi connectivity index (χ1n) is 7.24. The Morgan fingerprint density at radius 2 is 2.05 bits per heavy atom. The topological polar surface area (TPSA) is 41.6 Å². The van der Waals surface area contributed by atoms with Gasteiger partial charge in [0.05, 0.1) is 12.2 Å². The highest BCUT2D eigenvalue weighted by Gasteiger charge is 2.38. The monoisotopic (exact) mass is 276 g/mol. The molecule has 0 spiro atoms. The fraction of sp³-hybridized carbons (Fsp3) is 0.562. The van der Waals surface area contributed by atoms with Crippen LogP contribution in [0.25, 0.3) is 0 Å². The minimum atomic E-state index is -0.114. The molecule has 2 rings (SSSR count). The van der Waals surface area contributed by atoms with Crippen LogP contribution in [0.15, 0.2) is 30.3 Å². The number of hydrogen-bond donors (Lipinski definition) is 1. The van der Waals surface area contributed by atoms with Crippen molar-refractivity contribution in [3.63, 3.8) is 0 Å². The average Bonchev–Trinajstić information content (AvgIpc) is 2.72. The second-order valence-corrected chi connectivity index (χ2v) is 5.46. The average molecular weight is 276 g/mol. The van der Waals surface area contributed by atoms with Gasteiger partial charge in [0.15, 0.2) is 0 Å². The van der Waals surface area contributed by atoms with E-state index in [-0.39, 0.29) is 24.2 Å². The normalized spacial score (nSPS) is 24.1. The van der Waals surface area contributed by atoms with Crippen LogP contribution in [-0.2, 0) is 16.0 Å². The van der Waals surface area contributed by atoms with Gasteiger partial charge in [0.2, 0.25) is 5.91 Å². The third kappa shape index (κ3) is 3.38. The van der Waals surface area contributed by atoms with Crippen LogP contribution in [-0.4, -0.2) is 42.8 Å². The third-order valence-electron chi connectivity index (χ3n) is 3.91. The highest BCUT2D eigenvalue weighted by molar-refractivity contribution is 5.84. The maximum atomic E-state index is 12.5. The summed E-state index contributed by atoms with van der Waals surface area (Å²) in [6.07, 6.45) is 1.70. The molecular formula is C16H24N2O2. The van der Waals surface area contributed by atoms with E-state index in [1.165, 1.54) is 5.56 Å². The van der Waals surface area contributed by atoms with Crippen molar-refractivity contribution in [1.29, 1.82) is 0 Å². The number of hydrogen-bond acceptors (Lipinski definition) is 3. The quantitative estimate of drug-likeness (QED) is 0.861. The van der Waals surface area contributed by atoms with E-state index < -0.39 is 0 Å². The van der Waals surface area contributed by atoms with Crippen molar-refractivity contribution < 1.29 is 9.53 Å². The van der Waals surface area contributed by atoms with E-state index in [0.717, 1.165) is 12.8 Å². The van der Waals surface area contributed by atoms with Gasteiger partial charge in [0.1, 0.15) is 0 Å². The number of carbonyl (C=O) groups is 1. The molecule has 20 heavy (non-hydrogen) atoms. The molecule has 0 saturated carbocycles. The van der Waals surface area contributed by atoms with E-state index >= 15 is 0 Å². The van der Waals surface area contributed by atoms with Gasteiger partial charge in [-0.15, -0.1) is 0 Å². The van der Waals surface area contributed by atoms with E-state index in [4.69, 9.17) is 4.74 Å². The predicted octanol–water partition coefficient (Wildman–Crippen LogP) is 1.80. The van der Waals surface area contributed by atoms with Crippen molar-refractivity contribution >= 4 is 5.91 Å². The van der Waals surface area contributed by atoms with Gasteiger partial charge >= 0.3 is 0 Å². The highest BCUT2D eigenvalue weighted by atomic mass is 16.5. The van der Waals surface area contributed by atoms with Crippen molar-refractivity contribution in [2.75, 3.05) is 13.7 Å². The minimum Gasteiger partial charge on any atom is -0.385 e. The van der Waals surface area contributed by atoms with E-state index in [2.05, 4.69) is 24.4 Å². The Morgan fingerprint density at radius 3 is 2.70 bits per heavy atom. The molecule has 0 aromatic heterocycles. The lowest BCUT2D eigenvalue weighted by Crippen LogP contribution is -2.42. The molecule has 110 valence electrons. The first-order chi connectivity index (χ1) is 9.63. The number of ether oxygens (including phenoxy) is 1. The predicted molar refractivity (Wildman–Crippen MR) is 79.3 cm³/mol. The van der Waals surface area contributed by atoms with Crippen LogP contribution < -0.4 is 5.32 Å². The second-order valence-electron chi connectivity index (χ2n) is 5.46. The fourth-order valence-corrected chi connectivity index (χ4v) is 2.84. The van der Waals surface area contributed by atoms with Crippen molar-refractivity contribution in [3.8, 4) is 0 Å². The smallest absolute Gasteiger partial charge is 0.241 e. The van der Waals surface area contributed by atoms with Gasteiger partial charge in [0.25, 0.3) is 0 Å². The molecule has 1 heterocycles. The molecule has 3 unspecified atom stereocenters. The first-order valence-corrected chi connectivity index (χ1v) is 7.24. The summed E-state index contributed by atoms with van der Waals surface area (Å²) in [5.41, 5.74) is 1.19. The molecule has 1 aliphatic heterocycles. The lowest BCUT2D eigenvalue weighted by atomic mass is 10.1. The number of benzene rings is 1. The zero-order valence-corrected chi connectivity index (χ0v) is 12.5. The number of methoxy groups -OCH3 is 1. The lowest BCUT2D eigenvalue weighted by Gasteiger charge is -2.28. The van der Waals surface area contributed by atoms with Crippen molar-refractivity contribution in [2.24, 2.45) is 0 Å². The standard InChI is InChI=1S/C16H24N2O2/c1-12(9-10-20-3)18-13(2)17-15(16(18)19)11-14-7-5-4-6-8-14/h4-8,12-13,15,17H,9-11H2,1-3H3. The molecule has 1 aliphatic rings. The van der Waals surface area contributed by atoms with Crippen LogP contribution in [0.1, 0.15) is 25.8 Å². The summed E-state index contributed by atoms with van der Waals surface area (Å²) in [7, 11) is 1.69. The summed E-state index contributed by atoms with van der Waals surface area (Å²) in [4.78, 5) is 14.5. The molecule has 0 bridgehead atoms. The molecule has 1 amide bonds. The van der Waals surface area contributed by atoms with E-state index in [1.807, 2.05) is 30.0 Å². The van der Waals surface area contributed by atoms with Gasteiger partial charge in [-0.1, -0.05) is 30.3 Å². The summed E-state index contributed by atoms with van der Waals surface area (Å²) >= 11 is 0. The minimum absolute atomic E-state index is 0.0862. The Bertz CT molecular complexity index is 435. The van der Waals surface area contributed by atoms with Gasteiger partial charge < -0.3 is 9.64 Å². The van der Waals surface area contributed by atoms with Crippen molar-refractivity contribution in [1.82, 2.24) is 10.2 Å². The van der Waals surface area contributed by atoms with Crippen LogP contribution >= 0.6 is 0 Å². The van der Waals surface area contributed by atoms with Gasteiger partial charge in [-0.05, 0) is 32.3 Å². The summed E-state index contributed by atoms with van der Waals surface area (Å²) in [5.74, 6) is 0.199. The van der Waals surface area contributed by atoms with Gasteiger partial charge in [0, 0.05) is 19.8 Å². The Kier molecular flexibility index (Phi) is 5.15. The van der Waals surface area contributed by atoms with Crippen LogP contribution in [0, 0.1) is 0 Å². The molecule has 1 aromatic rings. The Labute approximate surface area is 121 Å². The second kappa shape index (κ2) is 6.86. The van der Waals surface area contributed by atoms with Crippen molar-refractivity contribution in [2.45, 2.75) is 44.9 Å². The number of nitrogens with one attached hydrogen (secondary N) is 1. The fourth-order valence-electron chi connectivity index (χ4n) is 2.84. The summed E-state index contributed by atoms with van der Waals surface area (Å²) in [6, 6.07) is 10.2. The summed E-state index contributed by atoms with van der Waals surface area (Å²) in [6.45, 7) is 4.81. The zero-order chi connectivity index (χ0) is 14.5. The SMILES string of the molecule is COCCC(C)N1C(=O)C(Cc2ccccc2)NC1C. The Morgan fingerprint density at radius 1 is 1.35 bits per heavy atom. The first kappa shape index (κ1) is 15.0. The van der Waals surface area contributed by atoms with Crippen LogP contribution in [0.2, 0.25) is 0 Å². The molecule has 4 nitrogen and oxygen atoms in total.